The summed E-state index contributed by atoms with van der Waals surface area (Å²) < 4.78 is 10.8. The highest BCUT2D eigenvalue weighted by atomic mass is 35.5. The number of nitriles is 1. The molecule has 0 aliphatic carbocycles. The second-order valence-electron chi connectivity index (χ2n) is 4.29. The van der Waals surface area contributed by atoms with Gasteiger partial charge in [0.25, 0.3) is 0 Å². The van der Waals surface area contributed by atoms with Crippen molar-refractivity contribution in [1.29, 1.82) is 5.26 Å². The summed E-state index contributed by atoms with van der Waals surface area (Å²) in [5.41, 5.74) is 0.148. The molecule has 0 unspecified atom stereocenters. The van der Waals surface area contributed by atoms with Crippen molar-refractivity contribution < 1.29 is 9.47 Å². The molecule has 92 valence electrons. The first-order chi connectivity index (χ1) is 8.00. The van der Waals surface area contributed by atoms with Gasteiger partial charge in [-0.3, -0.25) is 0 Å². The van der Waals surface area contributed by atoms with Crippen molar-refractivity contribution in [3.63, 3.8) is 0 Å². The lowest BCUT2D eigenvalue weighted by Crippen LogP contribution is -2.25. The molecule has 0 saturated carbocycles. The van der Waals surface area contributed by atoms with E-state index in [1.165, 1.54) is 0 Å². The summed E-state index contributed by atoms with van der Waals surface area (Å²) in [5.74, 6) is 0.520. The molecule has 1 rings (SSSR count). The molecule has 0 amide bonds. The van der Waals surface area contributed by atoms with Crippen LogP contribution >= 0.6 is 11.6 Å². The van der Waals surface area contributed by atoms with Crippen LogP contribution < -0.4 is 4.74 Å². The zero-order valence-corrected chi connectivity index (χ0v) is 11.0. The highest BCUT2D eigenvalue weighted by Crippen LogP contribution is 2.26. The van der Waals surface area contributed by atoms with Gasteiger partial charge in [0.15, 0.2) is 0 Å². The highest BCUT2D eigenvalue weighted by molar-refractivity contribution is 6.31. The minimum Gasteiger partial charge on any atom is -0.492 e. The van der Waals surface area contributed by atoms with Gasteiger partial charge in [0.05, 0.1) is 17.2 Å². The van der Waals surface area contributed by atoms with Crippen LogP contribution in [0.1, 0.15) is 25.8 Å². The predicted molar refractivity (Wildman–Crippen MR) is 67.4 cm³/mol. The van der Waals surface area contributed by atoms with E-state index in [1.54, 1.807) is 25.3 Å². The van der Waals surface area contributed by atoms with Crippen LogP contribution in [0.4, 0.5) is 0 Å². The topological polar surface area (TPSA) is 42.2 Å². The predicted octanol–water partition coefficient (Wildman–Crippen LogP) is 3.41. The Morgan fingerprint density at radius 1 is 1.41 bits per heavy atom. The summed E-state index contributed by atoms with van der Waals surface area (Å²) in [6.07, 6.45) is 0.737. The Hall–Kier alpha value is -1.24. The van der Waals surface area contributed by atoms with E-state index in [2.05, 4.69) is 0 Å². The van der Waals surface area contributed by atoms with Crippen LogP contribution in [0.2, 0.25) is 5.02 Å². The monoisotopic (exact) mass is 253 g/mol. The Bertz CT molecular complexity index is 424. The molecular formula is C13H16ClNO2. The van der Waals surface area contributed by atoms with Crippen molar-refractivity contribution in [1.82, 2.24) is 0 Å². The number of hydrogen-bond acceptors (Lipinski definition) is 3. The van der Waals surface area contributed by atoms with E-state index < -0.39 is 0 Å². The Kier molecular flexibility index (Phi) is 4.80. The number of hydrogen-bond donors (Lipinski definition) is 0. The van der Waals surface area contributed by atoms with Crippen molar-refractivity contribution in [2.45, 2.75) is 25.9 Å². The fraction of sp³-hybridized carbons (Fsp3) is 0.462. The Balaban J connectivity index is 2.65. The fourth-order valence-corrected chi connectivity index (χ4v) is 1.45. The summed E-state index contributed by atoms with van der Waals surface area (Å²) in [5, 5.41) is 9.38. The van der Waals surface area contributed by atoms with E-state index in [0.29, 0.717) is 22.9 Å². The van der Waals surface area contributed by atoms with Crippen molar-refractivity contribution >= 4 is 11.6 Å². The summed E-state index contributed by atoms with van der Waals surface area (Å²) >= 11 is 5.90. The van der Waals surface area contributed by atoms with Crippen LogP contribution in [-0.2, 0) is 4.74 Å². The average Bonchev–Trinajstić information content (AvgIpc) is 2.29. The molecular weight excluding hydrogens is 238 g/mol. The van der Waals surface area contributed by atoms with E-state index in [0.717, 1.165) is 6.42 Å². The van der Waals surface area contributed by atoms with Gasteiger partial charge in [0.1, 0.15) is 17.4 Å². The number of nitrogens with zero attached hydrogens (tertiary/aromatic N) is 1. The van der Waals surface area contributed by atoms with Gasteiger partial charge in [-0.25, -0.2) is 0 Å². The molecule has 0 spiro atoms. The number of rotatable bonds is 5. The molecule has 17 heavy (non-hydrogen) atoms. The number of ether oxygens (including phenoxy) is 2. The second kappa shape index (κ2) is 5.90. The van der Waals surface area contributed by atoms with Crippen LogP contribution in [0.15, 0.2) is 18.2 Å². The summed E-state index contributed by atoms with van der Waals surface area (Å²) in [7, 11) is 1.67. The van der Waals surface area contributed by atoms with Crippen LogP contribution in [-0.4, -0.2) is 19.3 Å². The normalized spacial score (nSPS) is 11.0. The molecule has 0 aliphatic heterocycles. The van der Waals surface area contributed by atoms with Gasteiger partial charge in [-0.05, 0) is 26.0 Å². The smallest absolute Gasteiger partial charge is 0.138 e. The fourth-order valence-electron chi connectivity index (χ4n) is 1.24. The van der Waals surface area contributed by atoms with Crippen molar-refractivity contribution in [2.24, 2.45) is 0 Å². The van der Waals surface area contributed by atoms with E-state index in [9.17, 15) is 0 Å². The zero-order valence-electron chi connectivity index (χ0n) is 10.3. The Morgan fingerprint density at radius 2 is 2.12 bits per heavy atom. The average molecular weight is 254 g/mol. The van der Waals surface area contributed by atoms with Gasteiger partial charge in [0, 0.05) is 13.5 Å². The lowest BCUT2D eigenvalue weighted by atomic mass is 10.1. The molecule has 1 aromatic carbocycles. The summed E-state index contributed by atoms with van der Waals surface area (Å²) in [6.45, 7) is 4.45. The maximum absolute atomic E-state index is 8.97. The molecule has 0 bridgehead atoms. The second-order valence-corrected chi connectivity index (χ2v) is 4.69. The number of halogens is 1. The van der Waals surface area contributed by atoms with Gasteiger partial charge >= 0.3 is 0 Å². The van der Waals surface area contributed by atoms with Crippen LogP contribution in [0.3, 0.4) is 0 Å². The summed E-state index contributed by atoms with van der Waals surface area (Å²) in [4.78, 5) is 0. The first kappa shape index (κ1) is 13.8. The summed E-state index contributed by atoms with van der Waals surface area (Å²) in [6, 6.07) is 7.21. The standard InChI is InChI=1S/C13H16ClNO2/c1-13(2,16-3)7-8-17-12-6-4-5-11(14)10(12)9-15/h4-6H,7-8H2,1-3H3. The largest absolute Gasteiger partial charge is 0.492 e. The minimum atomic E-state index is -0.231. The van der Waals surface area contributed by atoms with Crippen LogP contribution in [0.5, 0.6) is 5.75 Å². The third-order valence-electron chi connectivity index (χ3n) is 2.60. The molecule has 0 N–H and O–H groups in total. The van der Waals surface area contributed by atoms with E-state index in [1.807, 2.05) is 19.9 Å². The third kappa shape index (κ3) is 3.92. The third-order valence-corrected chi connectivity index (χ3v) is 2.92. The van der Waals surface area contributed by atoms with Gasteiger partial charge < -0.3 is 9.47 Å². The Morgan fingerprint density at radius 3 is 2.71 bits per heavy atom. The maximum Gasteiger partial charge on any atom is 0.138 e. The van der Waals surface area contributed by atoms with Crippen molar-refractivity contribution in [3.05, 3.63) is 28.8 Å². The van der Waals surface area contributed by atoms with Crippen LogP contribution in [0.25, 0.3) is 0 Å². The van der Waals surface area contributed by atoms with E-state index in [-0.39, 0.29) is 5.60 Å². The molecule has 0 fully saturated rings. The SMILES string of the molecule is COC(C)(C)CCOc1cccc(Cl)c1C#N. The zero-order chi connectivity index (χ0) is 12.9. The first-order valence-electron chi connectivity index (χ1n) is 5.37. The molecule has 0 aromatic heterocycles. The minimum absolute atomic E-state index is 0.231. The molecule has 0 saturated heterocycles. The maximum atomic E-state index is 8.97. The molecule has 0 radical (unpaired) electrons. The van der Waals surface area contributed by atoms with Gasteiger partial charge in [-0.15, -0.1) is 0 Å². The number of methoxy groups -OCH3 is 1. The van der Waals surface area contributed by atoms with E-state index >= 15 is 0 Å². The molecule has 0 heterocycles. The quantitative estimate of drug-likeness (QED) is 0.808. The van der Waals surface area contributed by atoms with Gasteiger partial charge in [-0.2, -0.15) is 5.26 Å². The Labute approximate surface area is 107 Å². The van der Waals surface area contributed by atoms with Crippen molar-refractivity contribution in [2.75, 3.05) is 13.7 Å². The van der Waals surface area contributed by atoms with Gasteiger partial charge in [-0.1, -0.05) is 17.7 Å². The molecule has 1 aromatic rings. The van der Waals surface area contributed by atoms with Crippen molar-refractivity contribution in [3.8, 4) is 11.8 Å². The van der Waals surface area contributed by atoms with Gasteiger partial charge in [0.2, 0.25) is 0 Å². The molecule has 4 heteroatoms. The molecule has 0 atom stereocenters. The lowest BCUT2D eigenvalue weighted by molar-refractivity contribution is 0.00543. The van der Waals surface area contributed by atoms with E-state index in [4.69, 9.17) is 26.3 Å². The number of benzene rings is 1. The molecule has 0 aliphatic rings. The lowest BCUT2D eigenvalue weighted by Gasteiger charge is -2.22. The first-order valence-corrected chi connectivity index (χ1v) is 5.74. The highest BCUT2D eigenvalue weighted by Gasteiger charge is 2.16. The van der Waals surface area contributed by atoms with Crippen LogP contribution in [0, 0.1) is 11.3 Å². The molecule has 3 nitrogen and oxygen atoms in total.